The van der Waals surface area contributed by atoms with Gasteiger partial charge in [0.15, 0.2) is 12.4 Å². The van der Waals surface area contributed by atoms with Crippen LogP contribution in [-0.4, -0.2) is 41.6 Å². The molecule has 2 amide bonds. The van der Waals surface area contributed by atoms with Gasteiger partial charge in [0, 0.05) is 23.2 Å². The van der Waals surface area contributed by atoms with Crippen molar-refractivity contribution in [3.05, 3.63) is 101 Å². The quantitative estimate of drug-likeness (QED) is 0.271. The molecule has 0 fully saturated rings. The van der Waals surface area contributed by atoms with E-state index in [0.717, 1.165) is 5.56 Å². The predicted molar refractivity (Wildman–Crippen MR) is 130 cm³/mol. The largest absolute Gasteiger partial charge is 0.482 e. The number of carbonyl (C=O) groups excluding carboxylic acids is 4. The van der Waals surface area contributed by atoms with Crippen molar-refractivity contribution in [1.82, 2.24) is 9.62 Å². The first-order chi connectivity index (χ1) is 16.9. The minimum atomic E-state index is -0.504. The number of amides is 2. The molecule has 9 heteroatoms. The molecule has 4 rings (SSSR count). The zero-order valence-corrected chi connectivity index (χ0v) is 19.5. The summed E-state index contributed by atoms with van der Waals surface area (Å²) in [4.78, 5) is 50.5. The van der Waals surface area contributed by atoms with Gasteiger partial charge in [-0.15, -0.1) is 0 Å². The first-order valence-corrected chi connectivity index (χ1v) is 11.2. The standard InChI is InChI=1S/C26H22N2O6S/c29-23(14-28-13-20-12-19(25(31)27-35)8-11-22(20)26(28)32)18-6-9-21(10-7-18)33-16-24(30)34-15-17-4-2-1-3-5-17/h1-12,35H,13-16H2,(H,27,31). The van der Waals surface area contributed by atoms with E-state index in [-0.39, 0.29) is 43.9 Å². The van der Waals surface area contributed by atoms with Crippen molar-refractivity contribution in [3.8, 4) is 5.75 Å². The Kier molecular flexibility index (Phi) is 7.47. The molecule has 3 aromatic rings. The lowest BCUT2D eigenvalue weighted by molar-refractivity contribution is -0.147. The molecule has 8 nitrogen and oxygen atoms in total. The molecule has 0 radical (unpaired) electrons. The Morgan fingerprint density at radius 2 is 1.66 bits per heavy atom. The van der Waals surface area contributed by atoms with Crippen molar-refractivity contribution in [1.29, 1.82) is 0 Å². The maximum atomic E-state index is 12.7. The zero-order chi connectivity index (χ0) is 24.8. The molecule has 0 unspecified atom stereocenters. The summed E-state index contributed by atoms with van der Waals surface area (Å²) < 4.78 is 12.9. The number of ketones is 1. The van der Waals surface area contributed by atoms with E-state index in [1.54, 1.807) is 42.5 Å². The average molecular weight is 491 g/mol. The minimum Gasteiger partial charge on any atom is -0.482 e. The van der Waals surface area contributed by atoms with E-state index in [2.05, 4.69) is 17.5 Å². The maximum absolute atomic E-state index is 12.7. The molecule has 0 atom stereocenters. The highest BCUT2D eigenvalue weighted by Crippen LogP contribution is 2.24. The van der Waals surface area contributed by atoms with Crippen LogP contribution in [0, 0.1) is 0 Å². The third kappa shape index (κ3) is 5.88. The molecule has 0 saturated carbocycles. The van der Waals surface area contributed by atoms with Crippen LogP contribution in [0.1, 0.15) is 42.2 Å². The van der Waals surface area contributed by atoms with E-state index in [4.69, 9.17) is 9.47 Å². The third-order valence-corrected chi connectivity index (χ3v) is 5.66. The summed E-state index contributed by atoms with van der Waals surface area (Å²) in [7, 11) is 0. The number of hydrogen-bond acceptors (Lipinski definition) is 7. The Morgan fingerprint density at radius 1 is 0.943 bits per heavy atom. The molecule has 0 saturated heterocycles. The first kappa shape index (κ1) is 24.0. The van der Waals surface area contributed by atoms with E-state index in [1.165, 1.54) is 4.90 Å². The van der Waals surface area contributed by atoms with Crippen molar-refractivity contribution in [3.63, 3.8) is 0 Å². The molecular formula is C26H22N2O6S. The second-order valence-electron chi connectivity index (χ2n) is 7.86. The maximum Gasteiger partial charge on any atom is 0.344 e. The van der Waals surface area contributed by atoms with Crippen molar-refractivity contribution in [2.24, 2.45) is 0 Å². The number of fused-ring (bicyclic) bond motifs is 1. The van der Waals surface area contributed by atoms with Gasteiger partial charge in [0.2, 0.25) is 0 Å². The topological polar surface area (TPSA) is 102 Å². The fraction of sp³-hybridized carbons (Fsp3) is 0.154. The fourth-order valence-corrected chi connectivity index (χ4v) is 3.77. The van der Waals surface area contributed by atoms with Gasteiger partial charge in [-0.2, -0.15) is 0 Å². The number of esters is 1. The molecule has 35 heavy (non-hydrogen) atoms. The van der Waals surface area contributed by atoms with Crippen LogP contribution in [0.15, 0.2) is 72.8 Å². The summed E-state index contributed by atoms with van der Waals surface area (Å²) in [5.41, 5.74) is 2.82. The van der Waals surface area contributed by atoms with Gasteiger partial charge in [-0.05, 0) is 53.6 Å². The lowest BCUT2D eigenvalue weighted by Crippen LogP contribution is -2.30. The van der Waals surface area contributed by atoms with Crippen molar-refractivity contribution in [2.75, 3.05) is 13.2 Å². The van der Waals surface area contributed by atoms with Crippen molar-refractivity contribution < 1.29 is 28.7 Å². The average Bonchev–Trinajstić information content (AvgIpc) is 3.20. The highest BCUT2D eigenvalue weighted by atomic mass is 32.1. The van der Waals surface area contributed by atoms with Gasteiger partial charge in [0.05, 0.1) is 6.54 Å². The molecule has 0 bridgehead atoms. The van der Waals surface area contributed by atoms with E-state index >= 15 is 0 Å². The lowest BCUT2D eigenvalue weighted by Gasteiger charge is -2.14. The first-order valence-electron chi connectivity index (χ1n) is 10.8. The Morgan fingerprint density at radius 3 is 2.37 bits per heavy atom. The normalized spacial score (nSPS) is 12.1. The fourth-order valence-electron chi connectivity index (χ4n) is 3.64. The van der Waals surface area contributed by atoms with Gasteiger partial charge in [-0.1, -0.05) is 43.1 Å². The SMILES string of the molecule is O=C(COc1ccc(C(=O)CN2Cc3cc(C(=O)NS)ccc3C2=O)cc1)OCc1ccccc1. The minimum absolute atomic E-state index is 0.104. The van der Waals surface area contributed by atoms with Crippen LogP contribution in [0.2, 0.25) is 0 Å². The zero-order valence-electron chi connectivity index (χ0n) is 18.6. The third-order valence-electron chi connectivity index (χ3n) is 5.46. The van der Waals surface area contributed by atoms with Crippen LogP contribution in [0.5, 0.6) is 5.75 Å². The lowest BCUT2D eigenvalue weighted by atomic mass is 10.1. The van der Waals surface area contributed by atoms with Crippen LogP contribution in [0.4, 0.5) is 0 Å². The molecule has 0 spiro atoms. The number of nitrogens with one attached hydrogen (secondary N) is 1. The molecule has 1 aliphatic rings. The number of ether oxygens (including phenoxy) is 2. The summed E-state index contributed by atoms with van der Waals surface area (Å²) in [5, 5.41) is 0. The second kappa shape index (κ2) is 10.9. The molecule has 178 valence electrons. The summed E-state index contributed by atoms with van der Waals surface area (Å²) in [6.07, 6.45) is 0. The van der Waals surface area contributed by atoms with Crippen LogP contribution in [0.25, 0.3) is 0 Å². The van der Waals surface area contributed by atoms with Gasteiger partial charge in [0.1, 0.15) is 12.4 Å². The van der Waals surface area contributed by atoms with Crippen LogP contribution >= 0.6 is 12.8 Å². The van der Waals surface area contributed by atoms with Gasteiger partial charge in [-0.3, -0.25) is 19.1 Å². The van der Waals surface area contributed by atoms with Crippen LogP contribution in [-0.2, 0) is 22.7 Å². The predicted octanol–water partition coefficient (Wildman–Crippen LogP) is 3.22. The molecule has 1 heterocycles. The van der Waals surface area contributed by atoms with Gasteiger partial charge < -0.3 is 14.4 Å². The van der Waals surface area contributed by atoms with Gasteiger partial charge in [0.25, 0.3) is 11.8 Å². The van der Waals surface area contributed by atoms with E-state index < -0.39 is 5.97 Å². The van der Waals surface area contributed by atoms with E-state index in [0.29, 0.717) is 28.0 Å². The summed E-state index contributed by atoms with van der Waals surface area (Å²) >= 11 is 3.75. The number of thiol groups is 1. The number of benzene rings is 3. The number of hydrogen-bond donors (Lipinski definition) is 2. The molecule has 1 aliphatic heterocycles. The van der Waals surface area contributed by atoms with Crippen LogP contribution in [0.3, 0.4) is 0 Å². The summed E-state index contributed by atoms with van der Waals surface area (Å²) in [6.45, 7) is 0.0423. The number of Topliss-reactive ketones (excluding diaryl/α,β-unsaturated/α-hetero) is 1. The molecular weight excluding hydrogens is 468 g/mol. The summed E-state index contributed by atoms with van der Waals surface area (Å²) in [6, 6.07) is 20.4. The Balaban J connectivity index is 1.28. The van der Waals surface area contributed by atoms with Crippen molar-refractivity contribution >= 4 is 36.4 Å². The van der Waals surface area contributed by atoms with Gasteiger partial charge >= 0.3 is 5.97 Å². The highest BCUT2D eigenvalue weighted by molar-refractivity contribution is 7.78. The van der Waals surface area contributed by atoms with E-state index in [1.807, 2.05) is 30.3 Å². The summed E-state index contributed by atoms with van der Waals surface area (Å²) in [5.74, 6) is -0.965. The Bertz CT molecular complexity index is 1260. The van der Waals surface area contributed by atoms with Crippen molar-refractivity contribution in [2.45, 2.75) is 13.2 Å². The van der Waals surface area contributed by atoms with Gasteiger partial charge in [-0.25, -0.2) is 4.79 Å². The monoisotopic (exact) mass is 490 g/mol. The molecule has 1 N–H and O–H groups in total. The number of carbonyl (C=O) groups is 4. The molecule has 3 aromatic carbocycles. The molecule has 0 aromatic heterocycles. The second-order valence-corrected chi connectivity index (χ2v) is 8.08. The Hall–Kier alpha value is -4.11. The molecule has 0 aliphatic carbocycles. The van der Waals surface area contributed by atoms with Crippen LogP contribution < -0.4 is 9.46 Å². The number of nitrogens with zero attached hydrogens (tertiary/aromatic N) is 1. The number of rotatable bonds is 9. The smallest absolute Gasteiger partial charge is 0.344 e. The van der Waals surface area contributed by atoms with E-state index in [9.17, 15) is 19.2 Å². The highest BCUT2D eigenvalue weighted by Gasteiger charge is 2.29. The Labute approximate surface area is 207 Å².